The van der Waals surface area contributed by atoms with Crippen LogP contribution in [0.15, 0.2) is 45.6 Å². The van der Waals surface area contributed by atoms with Crippen LogP contribution in [0.25, 0.3) is 11.1 Å². The number of hydrogen-bond donors (Lipinski definition) is 2. The van der Waals surface area contributed by atoms with Crippen LogP contribution in [0, 0.1) is 11.6 Å². The van der Waals surface area contributed by atoms with Gasteiger partial charge in [0.25, 0.3) is 0 Å². The summed E-state index contributed by atoms with van der Waals surface area (Å²) in [4.78, 5) is 13.7. The van der Waals surface area contributed by atoms with Crippen molar-refractivity contribution in [2.45, 2.75) is 6.04 Å². The summed E-state index contributed by atoms with van der Waals surface area (Å²) in [5, 5.41) is 3.03. The minimum Gasteiger partial charge on any atom is -0.408 e. The van der Waals surface area contributed by atoms with Crippen molar-refractivity contribution in [1.29, 1.82) is 0 Å². The molecule has 1 aromatic heterocycles. The third-order valence-electron chi connectivity index (χ3n) is 3.34. The van der Waals surface area contributed by atoms with Crippen LogP contribution in [0.3, 0.4) is 0 Å². The monoisotopic (exact) mass is 290 g/mol. The number of hydrogen-bond acceptors (Lipinski definition) is 3. The lowest BCUT2D eigenvalue weighted by Gasteiger charge is -2.17. The van der Waals surface area contributed by atoms with Crippen LogP contribution >= 0.6 is 0 Å². The van der Waals surface area contributed by atoms with Crippen molar-refractivity contribution in [3.63, 3.8) is 0 Å². The van der Waals surface area contributed by atoms with Gasteiger partial charge in [0.15, 0.2) is 17.2 Å². The van der Waals surface area contributed by atoms with Crippen molar-refractivity contribution in [3.05, 3.63) is 69.7 Å². The second-order valence-electron chi connectivity index (χ2n) is 4.67. The Labute approximate surface area is 118 Å². The highest BCUT2D eigenvalue weighted by molar-refractivity contribution is 5.73. The van der Waals surface area contributed by atoms with E-state index in [0.717, 1.165) is 17.7 Å². The number of nitrogens with one attached hydrogen (secondary N) is 2. The molecule has 0 fully saturated rings. The molecule has 1 atom stereocenters. The molecule has 0 amide bonds. The molecule has 0 radical (unpaired) electrons. The Morgan fingerprint density at radius 3 is 2.52 bits per heavy atom. The third-order valence-corrected chi connectivity index (χ3v) is 3.34. The number of aromatic nitrogens is 1. The summed E-state index contributed by atoms with van der Waals surface area (Å²) < 4.78 is 31.4. The lowest BCUT2D eigenvalue weighted by molar-refractivity contribution is 0.505. The molecule has 1 heterocycles. The summed E-state index contributed by atoms with van der Waals surface area (Å²) in [6.07, 6.45) is 0. The van der Waals surface area contributed by atoms with Gasteiger partial charge in [-0.2, -0.15) is 0 Å². The van der Waals surface area contributed by atoms with Gasteiger partial charge in [0.05, 0.1) is 11.6 Å². The number of halogens is 2. The van der Waals surface area contributed by atoms with Crippen LogP contribution in [0.2, 0.25) is 0 Å². The second kappa shape index (κ2) is 5.14. The predicted octanol–water partition coefficient (Wildman–Crippen LogP) is 2.71. The van der Waals surface area contributed by atoms with Crippen LogP contribution in [-0.4, -0.2) is 12.0 Å². The van der Waals surface area contributed by atoms with E-state index in [9.17, 15) is 13.6 Å². The number of aromatic amines is 1. The fraction of sp³-hybridized carbons (Fsp3) is 0.133. The predicted molar refractivity (Wildman–Crippen MR) is 74.1 cm³/mol. The number of H-pyrrole nitrogens is 1. The van der Waals surface area contributed by atoms with Gasteiger partial charge in [-0.05, 0) is 42.4 Å². The average Bonchev–Trinajstić information content (AvgIpc) is 2.83. The van der Waals surface area contributed by atoms with E-state index in [1.807, 2.05) is 0 Å². The minimum atomic E-state index is -0.901. The van der Waals surface area contributed by atoms with Crippen molar-refractivity contribution in [2.24, 2.45) is 0 Å². The molecule has 0 spiro atoms. The Balaban J connectivity index is 2.08. The first-order valence-electron chi connectivity index (χ1n) is 6.33. The average molecular weight is 290 g/mol. The molecule has 0 aliphatic carbocycles. The molecule has 0 aliphatic rings. The Morgan fingerprint density at radius 1 is 1.10 bits per heavy atom. The largest absolute Gasteiger partial charge is 0.417 e. The van der Waals surface area contributed by atoms with Gasteiger partial charge < -0.3 is 9.73 Å². The maximum Gasteiger partial charge on any atom is 0.417 e. The maximum atomic E-state index is 13.4. The van der Waals surface area contributed by atoms with Crippen LogP contribution in [-0.2, 0) is 0 Å². The van der Waals surface area contributed by atoms with Gasteiger partial charge >= 0.3 is 5.76 Å². The molecule has 0 saturated heterocycles. The first-order valence-corrected chi connectivity index (χ1v) is 6.33. The van der Waals surface area contributed by atoms with Crippen molar-refractivity contribution < 1.29 is 13.2 Å². The zero-order valence-corrected chi connectivity index (χ0v) is 11.1. The summed E-state index contributed by atoms with van der Waals surface area (Å²) in [5.74, 6) is -2.32. The molecule has 108 valence electrons. The molecule has 21 heavy (non-hydrogen) atoms. The summed E-state index contributed by atoms with van der Waals surface area (Å²) in [5.41, 5.74) is 2.36. The Hall–Kier alpha value is -2.47. The van der Waals surface area contributed by atoms with Gasteiger partial charge in [0.1, 0.15) is 0 Å². The summed E-state index contributed by atoms with van der Waals surface area (Å²) in [6, 6.07) is 8.59. The summed E-state index contributed by atoms with van der Waals surface area (Å²) >= 11 is 0. The Morgan fingerprint density at radius 2 is 1.81 bits per heavy atom. The molecule has 3 aromatic rings. The first kappa shape index (κ1) is 13.5. The van der Waals surface area contributed by atoms with Gasteiger partial charge in [-0.25, -0.2) is 13.6 Å². The fourth-order valence-corrected chi connectivity index (χ4v) is 2.36. The van der Waals surface area contributed by atoms with E-state index in [1.54, 1.807) is 25.2 Å². The van der Waals surface area contributed by atoms with Crippen LogP contribution in [0.1, 0.15) is 17.2 Å². The normalized spacial score (nSPS) is 12.7. The SMILES string of the molecule is CNC(c1ccc(F)c(F)c1)c1ccc2[nH]c(=O)oc2c1. The lowest BCUT2D eigenvalue weighted by atomic mass is 9.98. The van der Waals surface area contributed by atoms with Crippen molar-refractivity contribution in [2.75, 3.05) is 7.05 Å². The zero-order chi connectivity index (χ0) is 15.0. The van der Waals surface area contributed by atoms with E-state index < -0.39 is 17.4 Å². The van der Waals surface area contributed by atoms with Gasteiger partial charge in [-0.1, -0.05) is 12.1 Å². The fourth-order valence-electron chi connectivity index (χ4n) is 2.36. The first-order chi connectivity index (χ1) is 10.1. The maximum absolute atomic E-state index is 13.4. The van der Waals surface area contributed by atoms with E-state index in [2.05, 4.69) is 10.3 Å². The van der Waals surface area contributed by atoms with Gasteiger partial charge in [0, 0.05) is 0 Å². The summed E-state index contributed by atoms with van der Waals surface area (Å²) in [7, 11) is 1.71. The molecule has 6 heteroatoms. The van der Waals surface area contributed by atoms with E-state index in [-0.39, 0.29) is 6.04 Å². The molecule has 1 unspecified atom stereocenters. The van der Waals surface area contributed by atoms with Crippen LogP contribution < -0.4 is 11.1 Å². The van der Waals surface area contributed by atoms with Crippen molar-refractivity contribution in [1.82, 2.24) is 10.3 Å². The molecule has 4 nitrogen and oxygen atoms in total. The molecular weight excluding hydrogens is 278 g/mol. The van der Waals surface area contributed by atoms with Gasteiger partial charge in [-0.15, -0.1) is 0 Å². The van der Waals surface area contributed by atoms with Crippen molar-refractivity contribution >= 4 is 11.1 Å². The van der Waals surface area contributed by atoms with E-state index in [1.165, 1.54) is 6.07 Å². The summed E-state index contributed by atoms with van der Waals surface area (Å²) in [6.45, 7) is 0. The smallest absolute Gasteiger partial charge is 0.408 e. The molecular formula is C15H12F2N2O2. The standard InChI is InChI=1S/C15H12F2N2O2/c1-18-14(8-2-4-10(16)11(17)6-8)9-3-5-12-13(7-9)21-15(20)19-12/h2-7,14,18H,1H3,(H,19,20). The van der Waals surface area contributed by atoms with E-state index >= 15 is 0 Å². The highest BCUT2D eigenvalue weighted by Crippen LogP contribution is 2.25. The molecule has 0 bridgehead atoms. The Bertz CT molecular complexity index is 854. The molecule has 3 rings (SSSR count). The minimum absolute atomic E-state index is 0.343. The number of fused-ring (bicyclic) bond motifs is 1. The molecule has 2 N–H and O–H groups in total. The zero-order valence-electron chi connectivity index (χ0n) is 11.1. The van der Waals surface area contributed by atoms with Crippen LogP contribution in [0.5, 0.6) is 0 Å². The highest BCUT2D eigenvalue weighted by Gasteiger charge is 2.15. The highest BCUT2D eigenvalue weighted by atomic mass is 19.2. The second-order valence-corrected chi connectivity index (χ2v) is 4.67. The molecule has 0 aliphatic heterocycles. The number of benzene rings is 2. The topological polar surface area (TPSA) is 58.0 Å². The Kier molecular flexibility index (Phi) is 3.31. The molecule has 2 aromatic carbocycles. The van der Waals surface area contributed by atoms with Gasteiger partial charge in [-0.3, -0.25) is 4.98 Å². The quantitative estimate of drug-likeness (QED) is 0.779. The van der Waals surface area contributed by atoms with Crippen LogP contribution in [0.4, 0.5) is 8.78 Å². The third kappa shape index (κ3) is 2.45. The molecule has 0 saturated carbocycles. The van der Waals surface area contributed by atoms with E-state index in [4.69, 9.17) is 4.42 Å². The number of rotatable bonds is 3. The van der Waals surface area contributed by atoms with Gasteiger partial charge in [0.2, 0.25) is 0 Å². The van der Waals surface area contributed by atoms with E-state index in [0.29, 0.717) is 16.7 Å². The van der Waals surface area contributed by atoms with Crippen molar-refractivity contribution in [3.8, 4) is 0 Å². The number of oxazole rings is 1. The lowest BCUT2D eigenvalue weighted by Crippen LogP contribution is -2.17.